The Morgan fingerprint density at radius 3 is 2.71 bits per heavy atom. The summed E-state index contributed by atoms with van der Waals surface area (Å²) in [6.07, 6.45) is 7.26. The monoisotopic (exact) mass is 194 g/mol. The maximum absolute atomic E-state index is 11.8. The van der Waals surface area contributed by atoms with Crippen LogP contribution >= 0.6 is 0 Å². The lowest BCUT2D eigenvalue weighted by molar-refractivity contribution is -0.125. The molecule has 2 N–H and O–H groups in total. The zero-order chi connectivity index (χ0) is 9.97. The summed E-state index contributed by atoms with van der Waals surface area (Å²) < 4.78 is 0. The normalized spacial score (nSPS) is 32.4. The van der Waals surface area contributed by atoms with E-state index in [0.29, 0.717) is 12.1 Å². The fourth-order valence-electron chi connectivity index (χ4n) is 2.26. The summed E-state index contributed by atoms with van der Waals surface area (Å²) in [7, 11) is 0. The van der Waals surface area contributed by atoms with Gasteiger partial charge in [-0.15, -0.1) is 0 Å². The molecule has 2 atom stereocenters. The average molecular weight is 194 g/mol. The molecule has 0 saturated carbocycles. The number of nitrogens with one attached hydrogen (secondary N) is 2. The fraction of sp³-hybridized carbons (Fsp3) is 0.727. The summed E-state index contributed by atoms with van der Waals surface area (Å²) in [5.74, 6) is 0.409. The Morgan fingerprint density at radius 1 is 1.43 bits per heavy atom. The lowest BCUT2D eigenvalue weighted by Gasteiger charge is -2.18. The Bertz CT molecular complexity index is 242. The summed E-state index contributed by atoms with van der Waals surface area (Å²) in [5.41, 5.74) is 0. The number of hydrogen-bond acceptors (Lipinski definition) is 2. The van der Waals surface area contributed by atoms with E-state index < -0.39 is 0 Å². The lowest BCUT2D eigenvalue weighted by atomic mass is 10.0. The van der Waals surface area contributed by atoms with E-state index >= 15 is 0 Å². The smallest absolute Gasteiger partial charge is 0.224 e. The van der Waals surface area contributed by atoms with Gasteiger partial charge < -0.3 is 10.6 Å². The van der Waals surface area contributed by atoms with Gasteiger partial charge in [0.2, 0.25) is 5.91 Å². The molecule has 0 bridgehead atoms. The minimum Gasteiger partial charge on any atom is -0.352 e. The quantitative estimate of drug-likeness (QED) is 0.639. The number of hydrogen-bond donors (Lipinski definition) is 2. The van der Waals surface area contributed by atoms with Crippen molar-refractivity contribution < 1.29 is 4.79 Å². The van der Waals surface area contributed by atoms with Crippen molar-refractivity contribution in [3.63, 3.8) is 0 Å². The second-order valence-electron chi connectivity index (χ2n) is 4.29. The van der Waals surface area contributed by atoms with Gasteiger partial charge in [0.15, 0.2) is 0 Å². The molecular weight excluding hydrogens is 176 g/mol. The molecule has 0 aromatic carbocycles. The molecule has 0 radical (unpaired) electrons. The number of carbonyl (C=O) groups is 1. The highest BCUT2D eigenvalue weighted by molar-refractivity contribution is 5.80. The van der Waals surface area contributed by atoms with Crippen LogP contribution in [-0.4, -0.2) is 24.5 Å². The third-order valence-electron chi connectivity index (χ3n) is 3.22. The number of carbonyl (C=O) groups excluding carboxylic acids is 1. The maximum Gasteiger partial charge on any atom is 0.224 e. The molecule has 1 aliphatic heterocycles. The van der Waals surface area contributed by atoms with E-state index in [-0.39, 0.29) is 11.8 Å². The van der Waals surface area contributed by atoms with Crippen LogP contribution in [0.3, 0.4) is 0 Å². The maximum atomic E-state index is 11.8. The molecule has 1 saturated heterocycles. The van der Waals surface area contributed by atoms with Gasteiger partial charge in [0, 0.05) is 12.1 Å². The van der Waals surface area contributed by atoms with E-state index in [1.165, 1.54) is 0 Å². The van der Waals surface area contributed by atoms with Gasteiger partial charge in [-0.05, 0) is 32.7 Å². The summed E-state index contributed by atoms with van der Waals surface area (Å²) in [6, 6.07) is 0.694. The van der Waals surface area contributed by atoms with Crippen molar-refractivity contribution in [2.24, 2.45) is 5.92 Å². The SMILES string of the molecule is CC1NCCC1C(=O)NC1CC=CC1. The first-order chi connectivity index (χ1) is 6.77. The molecule has 2 unspecified atom stereocenters. The molecule has 0 spiro atoms. The zero-order valence-electron chi connectivity index (χ0n) is 8.62. The van der Waals surface area contributed by atoms with Crippen LogP contribution in [-0.2, 0) is 4.79 Å². The van der Waals surface area contributed by atoms with Crippen molar-refractivity contribution in [3.8, 4) is 0 Å². The summed E-state index contributed by atoms with van der Waals surface area (Å²) >= 11 is 0. The first-order valence-electron chi connectivity index (χ1n) is 5.46. The highest BCUT2D eigenvalue weighted by atomic mass is 16.2. The molecule has 3 nitrogen and oxygen atoms in total. The van der Waals surface area contributed by atoms with Crippen molar-refractivity contribution in [2.45, 2.75) is 38.3 Å². The largest absolute Gasteiger partial charge is 0.352 e. The van der Waals surface area contributed by atoms with E-state index in [1.54, 1.807) is 0 Å². The molecule has 14 heavy (non-hydrogen) atoms. The van der Waals surface area contributed by atoms with Crippen LogP contribution < -0.4 is 10.6 Å². The molecule has 0 aromatic rings. The van der Waals surface area contributed by atoms with Gasteiger partial charge in [0.1, 0.15) is 0 Å². The van der Waals surface area contributed by atoms with E-state index in [1.807, 2.05) is 0 Å². The lowest BCUT2D eigenvalue weighted by Crippen LogP contribution is -2.41. The fourth-order valence-corrected chi connectivity index (χ4v) is 2.26. The summed E-state index contributed by atoms with van der Waals surface area (Å²) in [6.45, 7) is 3.06. The van der Waals surface area contributed by atoms with Crippen molar-refractivity contribution >= 4 is 5.91 Å². The van der Waals surface area contributed by atoms with Crippen LogP contribution in [0.25, 0.3) is 0 Å². The standard InChI is InChI=1S/C11H18N2O/c1-8-10(6-7-12-8)11(14)13-9-4-2-3-5-9/h2-3,8-10,12H,4-7H2,1H3,(H,13,14). The molecule has 78 valence electrons. The van der Waals surface area contributed by atoms with E-state index in [2.05, 4.69) is 29.7 Å². The van der Waals surface area contributed by atoms with Crippen molar-refractivity contribution in [1.82, 2.24) is 10.6 Å². The number of rotatable bonds is 2. The van der Waals surface area contributed by atoms with Gasteiger partial charge in [-0.25, -0.2) is 0 Å². The van der Waals surface area contributed by atoms with Crippen LogP contribution in [0.2, 0.25) is 0 Å². The molecule has 3 heteroatoms. The minimum atomic E-state index is 0.176. The second kappa shape index (κ2) is 4.13. The van der Waals surface area contributed by atoms with Crippen LogP contribution in [0.5, 0.6) is 0 Å². The van der Waals surface area contributed by atoms with Gasteiger partial charge in [0.25, 0.3) is 0 Å². The van der Waals surface area contributed by atoms with E-state index in [0.717, 1.165) is 25.8 Å². The van der Waals surface area contributed by atoms with Gasteiger partial charge in [-0.1, -0.05) is 12.2 Å². The highest BCUT2D eigenvalue weighted by Crippen LogP contribution is 2.17. The Balaban J connectivity index is 1.82. The minimum absolute atomic E-state index is 0.176. The molecule has 2 aliphatic rings. The molecule has 2 rings (SSSR count). The summed E-state index contributed by atoms with van der Waals surface area (Å²) in [5, 5.41) is 6.41. The van der Waals surface area contributed by atoms with E-state index in [4.69, 9.17) is 0 Å². The van der Waals surface area contributed by atoms with Crippen LogP contribution in [0, 0.1) is 5.92 Å². The second-order valence-corrected chi connectivity index (χ2v) is 4.29. The molecule has 1 aliphatic carbocycles. The van der Waals surface area contributed by atoms with Gasteiger partial charge >= 0.3 is 0 Å². The van der Waals surface area contributed by atoms with E-state index in [9.17, 15) is 4.79 Å². The average Bonchev–Trinajstić information content (AvgIpc) is 2.75. The topological polar surface area (TPSA) is 41.1 Å². The van der Waals surface area contributed by atoms with Crippen molar-refractivity contribution in [2.75, 3.05) is 6.54 Å². The van der Waals surface area contributed by atoms with Gasteiger partial charge in [-0.3, -0.25) is 4.79 Å². The number of amides is 1. The molecule has 1 fully saturated rings. The van der Waals surface area contributed by atoms with Crippen molar-refractivity contribution in [1.29, 1.82) is 0 Å². The van der Waals surface area contributed by atoms with Crippen LogP contribution in [0.4, 0.5) is 0 Å². The predicted octanol–water partition coefficient (Wildman–Crippen LogP) is 0.819. The van der Waals surface area contributed by atoms with Crippen molar-refractivity contribution in [3.05, 3.63) is 12.2 Å². The molecule has 1 amide bonds. The van der Waals surface area contributed by atoms with Gasteiger partial charge in [-0.2, -0.15) is 0 Å². The molecule has 1 heterocycles. The Kier molecular flexibility index (Phi) is 2.87. The predicted molar refractivity (Wildman–Crippen MR) is 55.9 cm³/mol. The Hall–Kier alpha value is -0.830. The summed E-state index contributed by atoms with van der Waals surface area (Å²) in [4.78, 5) is 11.8. The highest BCUT2D eigenvalue weighted by Gasteiger charge is 2.30. The first-order valence-corrected chi connectivity index (χ1v) is 5.46. The molecule has 0 aromatic heterocycles. The van der Waals surface area contributed by atoms with Crippen LogP contribution in [0.1, 0.15) is 26.2 Å². The molecular formula is C11H18N2O. The van der Waals surface area contributed by atoms with Gasteiger partial charge in [0.05, 0.1) is 5.92 Å². The first kappa shape index (κ1) is 9.71. The van der Waals surface area contributed by atoms with Crippen LogP contribution in [0.15, 0.2) is 12.2 Å². The third-order valence-corrected chi connectivity index (χ3v) is 3.22. The third kappa shape index (κ3) is 1.98. The zero-order valence-corrected chi connectivity index (χ0v) is 8.62. The Labute approximate surface area is 84.9 Å². The Morgan fingerprint density at radius 2 is 2.14 bits per heavy atom.